The molecular formula is C28H39N3O3S. The monoisotopic (exact) mass is 497 g/mol. The summed E-state index contributed by atoms with van der Waals surface area (Å²) in [6.07, 6.45) is 6.04. The van der Waals surface area contributed by atoms with Crippen molar-refractivity contribution in [2.75, 3.05) is 39.8 Å². The van der Waals surface area contributed by atoms with Gasteiger partial charge in [-0.15, -0.1) is 11.3 Å². The first kappa shape index (κ1) is 25.7. The van der Waals surface area contributed by atoms with Crippen LogP contribution in [0.1, 0.15) is 68.0 Å². The Balaban J connectivity index is 1.39. The second-order valence-corrected chi connectivity index (χ2v) is 10.8. The van der Waals surface area contributed by atoms with Crippen LogP contribution in [0, 0.1) is 0 Å². The number of benzene rings is 1. The average Bonchev–Trinajstić information content (AvgIpc) is 3.35. The van der Waals surface area contributed by atoms with Crippen LogP contribution in [0.2, 0.25) is 0 Å². The van der Waals surface area contributed by atoms with Crippen LogP contribution in [0.3, 0.4) is 0 Å². The van der Waals surface area contributed by atoms with E-state index in [1.54, 1.807) is 7.11 Å². The fourth-order valence-corrected chi connectivity index (χ4v) is 6.29. The standard InChI is InChI=1S/C28H39N3O3S/c1-4-5-6-7-8-26(32)31-17-16-29(19-21(31)2)27(33)20-30-15-13-25-24(14-18-35-25)28(30)22-9-11-23(34-3)12-10-22/h9-12,14,18,21,28H,4-8,13,15-17,19-20H2,1-3H3/t21-,28-/m1/s1. The highest BCUT2D eigenvalue weighted by Gasteiger charge is 2.34. The maximum Gasteiger partial charge on any atom is 0.236 e. The predicted octanol–water partition coefficient (Wildman–Crippen LogP) is 4.73. The number of carbonyl (C=O) groups is 2. The number of amides is 2. The Morgan fingerprint density at radius 3 is 2.54 bits per heavy atom. The first-order chi connectivity index (χ1) is 17.0. The summed E-state index contributed by atoms with van der Waals surface area (Å²) < 4.78 is 5.35. The predicted molar refractivity (Wildman–Crippen MR) is 141 cm³/mol. The van der Waals surface area contributed by atoms with Gasteiger partial charge in [0.15, 0.2) is 0 Å². The van der Waals surface area contributed by atoms with E-state index in [1.165, 1.54) is 28.8 Å². The molecule has 1 aromatic heterocycles. The molecule has 2 aliphatic heterocycles. The molecule has 7 heteroatoms. The van der Waals surface area contributed by atoms with Crippen molar-refractivity contribution in [3.8, 4) is 5.75 Å². The second kappa shape index (κ2) is 12.0. The lowest BCUT2D eigenvalue weighted by atomic mass is 9.93. The van der Waals surface area contributed by atoms with Crippen LogP contribution in [0.5, 0.6) is 5.75 Å². The Bertz CT molecular complexity index is 990. The van der Waals surface area contributed by atoms with Gasteiger partial charge in [-0.1, -0.05) is 38.3 Å². The van der Waals surface area contributed by atoms with Gasteiger partial charge in [0.25, 0.3) is 0 Å². The summed E-state index contributed by atoms with van der Waals surface area (Å²) in [7, 11) is 1.68. The van der Waals surface area contributed by atoms with E-state index in [4.69, 9.17) is 4.74 Å². The number of unbranched alkanes of at least 4 members (excludes halogenated alkanes) is 3. The number of hydrogen-bond donors (Lipinski definition) is 0. The minimum Gasteiger partial charge on any atom is -0.497 e. The lowest BCUT2D eigenvalue weighted by molar-refractivity contribution is -0.143. The molecule has 2 atom stereocenters. The third-order valence-electron chi connectivity index (χ3n) is 7.38. The van der Waals surface area contributed by atoms with Crippen LogP contribution in [0.25, 0.3) is 0 Å². The van der Waals surface area contributed by atoms with Gasteiger partial charge in [0.05, 0.1) is 19.7 Å². The Labute approximate surface area is 213 Å². The zero-order chi connectivity index (χ0) is 24.8. The molecule has 190 valence electrons. The van der Waals surface area contributed by atoms with E-state index in [2.05, 4.69) is 42.3 Å². The fourth-order valence-electron chi connectivity index (χ4n) is 5.39. The summed E-state index contributed by atoms with van der Waals surface area (Å²) in [5.41, 5.74) is 2.50. The normalized spacial score (nSPS) is 20.5. The largest absolute Gasteiger partial charge is 0.497 e. The zero-order valence-corrected chi connectivity index (χ0v) is 22.2. The maximum absolute atomic E-state index is 13.4. The van der Waals surface area contributed by atoms with Crippen LogP contribution in [0.15, 0.2) is 35.7 Å². The molecular weight excluding hydrogens is 458 g/mol. The van der Waals surface area contributed by atoms with Gasteiger partial charge in [0, 0.05) is 43.5 Å². The van der Waals surface area contributed by atoms with Crippen molar-refractivity contribution in [2.24, 2.45) is 0 Å². The van der Waals surface area contributed by atoms with E-state index < -0.39 is 0 Å². The number of rotatable bonds is 9. The van der Waals surface area contributed by atoms with Crippen molar-refractivity contribution in [1.29, 1.82) is 0 Å². The molecule has 0 radical (unpaired) electrons. The van der Waals surface area contributed by atoms with Gasteiger partial charge in [-0.25, -0.2) is 0 Å². The van der Waals surface area contributed by atoms with Crippen molar-refractivity contribution in [3.63, 3.8) is 0 Å². The highest BCUT2D eigenvalue weighted by Crippen LogP contribution is 2.38. The number of carbonyl (C=O) groups excluding carboxylic acids is 2. The Kier molecular flexibility index (Phi) is 8.84. The Hall–Kier alpha value is -2.38. The zero-order valence-electron chi connectivity index (χ0n) is 21.4. The van der Waals surface area contributed by atoms with Crippen molar-refractivity contribution >= 4 is 23.2 Å². The lowest BCUT2D eigenvalue weighted by Gasteiger charge is -2.42. The molecule has 1 fully saturated rings. The third kappa shape index (κ3) is 6.07. The highest BCUT2D eigenvalue weighted by atomic mass is 32.1. The number of methoxy groups -OCH3 is 1. The molecule has 3 heterocycles. The number of hydrogen-bond acceptors (Lipinski definition) is 5. The van der Waals surface area contributed by atoms with Gasteiger partial charge in [-0.05, 0) is 54.5 Å². The molecule has 0 N–H and O–H groups in total. The van der Waals surface area contributed by atoms with E-state index in [-0.39, 0.29) is 23.9 Å². The van der Waals surface area contributed by atoms with Crippen molar-refractivity contribution < 1.29 is 14.3 Å². The Morgan fingerprint density at radius 2 is 1.83 bits per heavy atom. The quantitative estimate of drug-likeness (QED) is 0.470. The first-order valence-electron chi connectivity index (χ1n) is 13.0. The molecule has 1 saturated heterocycles. The molecule has 0 spiro atoms. The van der Waals surface area contributed by atoms with Crippen molar-refractivity contribution in [1.82, 2.24) is 14.7 Å². The molecule has 2 aliphatic rings. The van der Waals surface area contributed by atoms with Gasteiger partial charge in [-0.3, -0.25) is 14.5 Å². The van der Waals surface area contributed by atoms with Crippen LogP contribution < -0.4 is 4.74 Å². The molecule has 1 aromatic carbocycles. The molecule has 0 aliphatic carbocycles. The van der Waals surface area contributed by atoms with Crippen LogP contribution in [0.4, 0.5) is 0 Å². The van der Waals surface area contributed by atoms with Crippen molar-refractivity contribution in [3.05, 3.63) is 51.7 Å². The fraction of sp³-hybridized carbons (Fsp3) is 0.571. The van der Waals surface area contributed by atoms with Crippen LogP contribution >= 0.6 is 11.3 Å². The molecule has 35 heavy (non-hydrogen) atoms. The molecule has 6 nitrogen and oxygen atoms in total. The average molecular weight is 498 g/mol. The maximum atomic E-state index is 13.4. The topological polar surface area (TPSA) is 53.1 Å². The van der Waals surface area contributed by atoms with Crippen LogP contribution in [-0.4, -0.2) is 72.4 Å². The third-order valence-corrected chi connectivity index (χ3v) is 8.38. The number of thiophene rings is 1. The van der Waals surface area contributed by atoms with Gasteiger partial charge < -0.3 is 14.5 Å². The summed E-state index contributed by atoms with van der Waals surface area (Å²) in [4.78, 5) is 33.8. The summed E-state index contributed by atoms with van der Waals surface area (Å²) in [6, 6.07) is 10.6. The van der Waals surface area contributed by atoms with Gasteiger partial charge in [-0.2, -0.15) is 0 Å². The minimum absolute atomic E-state index is 0.0635. The number of nitrogens with zero attached hydrogens (tertiary/aromatic N) is 3. The smallest absolute Gasteiger partial charge is 0.236 e. The summed E-state index contributed by atoms with van der Waals surface area (Å²) >= 11 is 1.81. The van der Waals surface area contributed by atoms with Crippen LogP contribution in [-0.2, 0) is 16.0 Å². The van der Waals surface area contributed by atoms with E-state index >= 15 is 0 Å². The highest BCUT2D eigenvalue weighted by molar-refractivity contribution is 7.10. The van der Waals surface area contributed by atoms with Gasteiger partial charge in [0.1, 0.15) is 5.75 Å². The SMILES string of the molecule is CCCCCCC(=O)N1CCN(C(=O)CN2CCc3sccc3[C@H]2c2ccc(OC)cc2)C[C@H]1C. The second-order valence-electron chi connectivity index (χ2n) is 9.78. The van der Waals surface area contributed by atoms with Gasteiger partial charge in [0.2, 0.25) is 11.8 Å². The lowest BCUT2D eigenvalue weighted by Crippen LogP contribution is -2.57. The van der Waals surface area contributed by atoms with Crippen molar-refractivity contribution in [2.45, 2.75) is 64.5 Å². The Morgan fingerprint density at radius 1 is 1.03 bits per heavy atom. The number of ether oxygens (including phenoxy) is 1. The molecule has 2 amide bonds. The minimum atomic E-state index is 0.0635. The van der Waals surface area contributed by atoms with E-state index in [0.717, 1.165) is 31.6 Å². The molecule has 0 saturated carbocycles. The number of fused-ring (bicyclic) bond motifs is 1. The molecule has 0 unspecified atom stereocenters. The molecule has 4 rings (SSSR count). The molecule has 2 aromatic rings. The van der Waals surface area contributed by atoms with Gasteiger partial charge >= 0.3 is 0 Å². The molecule has 0 bridgehead atoms. The number of piperazine rings is 1. The van der Waals surface area contributed by atoms with E-state index in [1.807, 2.05) is 33.3 Å². The van der Waals surface area contributed by atoms with E-state index in [9.17, 15) is 9.59 Å². The summed E-state index contributed by atoms with van der Waals surface area (Å²) in [5, 5.41) is 2.16. The first-order valence-corrected chi connectivity index (χ1v) is 13.9. The summed E-state index contributed by atoms with van der Waals surface area (Å²) in [5.74, 6) is 1.23. The van der Waals surface area contributed by atoms with E-state index in [0.29, 0.717) is 32.6 Å². The summed E-state index contributed by atoms with van der Waals surface area (Å²) in [6.45, 7) is 7.38.